The lowest BCUT2D eigenvalue weighted by atomic mass is 10.0. The molecule has 1 amide bonds. The van der Waals surface area contributed by atoms with Gasteiger partial charge in [0.15, 0.2) is 36.6 Å². The van der Waals surface area contributed by atoms with Crippen molar-refractivity contribution >= 4 is 59.1 Å². The molecule has 0 aliphatic carbocycles. The van der Waals surface area contributed by atoms with Crippen LogP contribution in [-0.4, -0.2) is 137 Å². The van der Waals surface area contributed by atoms with E-state index in [9.17, 15) is 33.6 Å². The smallest absolute Gasteiger partial charge is 0.379 e. The zero-order chi connectivity index (χ0) is 40.9. The van der Waals surface area contributed by atoms with Gasteiger partial charge in [-0.25, -0.2) is 19.2 Å². The standard InChI is InChI=1S/C34H50N4O15S/c1-18(2)48-19(3)26(40)33(45)52-22(6)31(43)50-20(4)29(41)38(34(9,10)11)16-25(53-32(44)23(7)51-30(42)21(5)49-24(8)39)17-47-28-27(35-54-36-28)37-12-14-46-15-13-37/h19-23,25H,1,12-17H2,2-11H3/t19?,20?,21?,22?,23?,25-/m0/s1. The van der Waals surface area contributed by atoms with Crippen LogP contribution < -0.4 is 9.64 Å². The first kappa shape index (κ1) is 45.3. The Kier molecular flexibility index (Phi) is 17.3. The van der Waals surface area contributed by atoms with Crippen LogP contribution in [0.5, 0.6) is 5.88 Å². The minimum absolute atomic E-state index is 0.149. The number of esters is 5. The fraction of sp³-hybridized carbons (Fsp3) is 0.676. The number of Topliss-reactive ketones (excluding diaryl/α,β-unsaturated/α-hetero) is 1. The second kappa shape index (κ2) is 20.6. The summed E-state index contributed by atoms with van der Waals surface area (Å²) in [6, 6.07) is 0. The molecule has 0 aromatic carbocycles. The van der Waals surface area contributed by atoms with Crippen molar-refractivity contribution in [3.63, 3.8) is 0 Å². The van der Waals surface area contributed by atoms with Crippen LogP contribution in [-0.2, 0) is 66.7 Å². The van der Waals surface area contributed by atoms with Crippen molar-refractivity contribution in [3.8, 4) is 5.88 Å². The van der Waals surface area contributed by atoms with Crippen LogP contribution in [0.1, 0.15) is 69.2 Å². The number of ether oxygens (including phenoxy) is 8. The fourth-order valence-corrected chi connectivity index (χ4v) is 5.15. The van der Waals surface area contributed by atoms with Crippen LogP contribution in [0.4, 0.5) is 5.82 Å². The van der Waals surface area contributed by atoms with Gasteiger partial charge in [-0.05, 0) is 62.3 Å². The monoisotopic (exact) mass is 786 g/mol. The SMILES string of the molecule is C=C(C)OC(C)C(=O)C(=O)OC(C)C(=O)OC(C)C(=O)N(C[C@@H](COc1nsnc1N1CCOCC1)OC(=O)C(C)OC(=O)C(C)OC(C)=O)C(C)(C)C. The number of amides is 1. The van der Waals surface area contributed by atoms with Crippen LogP contribution in [0, 0.1) is 0 Å². The Balaban J connectivity index is 2.25. The molecule has 19 nitrogen and oxygen atoms in total. The van der Waals surface area contributed by atoms with Gasteiger partial charge < -0.3 is 47.7 Å². The Labute approximate surface area is 317 Å². The van der Waals surface area contributed by atoms with Crippen LogP contribution >= 0.6 is 11.7 Å². The molecule has 302 valence electrons. The van der Waals surface area contributed by atoms with Crippen LogP contribution in [0.25, 0.3) is 0 Å². The number of nitrogens with zero attached hydrogens (tertiary/aromatic N) is 4. The van der Waals surface area contributed by atoms with E-state index in [0.717, 1.165) is 18.7 Å². The lowest BCUT2D eigenvalue weighted by Gasteiger charge is -2.39. The van der Waals surface area contributed by atoms with E-state index >= 15 is 0 Å². The quantitative estimate of drug-likeness (QED) is 0.0839. The van der Waals surface area contributed by atoms with Crippen molar-refractivity contribution in [1.82, 2.24) is 13.6 Å². The normalized spacial score (nSPS) is 16.2. The van der Waals surface area contributed by atoms with Crippen molar-refractivity contribution in [3.05, 3.63) is 12.3 Å². The first-order valence-electron chi connectivity index (χ1n) is 17.1. The topological polar surface area (TPSA) is 226 Å². The average Bonchev–Trinajstić information content (AvgIpc) is 3.56. The van der Waals surface area contributed by atoms with Crippen molar-refractivity contribution in [2.24, 2.45) is 0 Å². The van der Waals surface area contributed by atoms with E-state index in [4.69, 9.17) is 37.9 Å². The average molecular weight is 787 g/mol. The maximum atomic E-state index is 13.9. The Bertz CT molecular complexity index is 1520. The van der Waals surface area contributed by atoms with Gasteiger partial charge in [-0.2, -0.15) is 4.37 Å². The van der Waals surface area contributed by atoms with Gasteiger partial charge in [-0.15, -0.1) is 4.37 Å². The molecular formula is C34H50N4O15S. The van der Waals surface area contributed by atoms with Crippen molar-refractivity contribution < 1.29 is 71.5 Å². The number of hydrogen-bond acceptors (Lipinski definition) is 19. The molecular weight excluding hydrogens is 736 g/mol. The van der Waals surface area contributed by atoms with Gasteiger partial charge in [0.2, 0.25) is 5.82 Å². The van der Waals surface area contributed by atoms with Crippen LogP contribution in [0.2, 0.25) is 0 Å². The fourth-order valence-electron chi connectivity index (χ4n) is 4.63. The Morgan fingerprint density at radius 2 is 1.31 bits per heavy atom. The van der Waals surface area contributed by atoms with E-state index in [-0.39, 0.29) is 24.8 Å². The highest BCUT2D eigenvalue weighted by Gasteiger charge is 2.37. The van der Waals surface area contributed by atoms with Gasteiger partial charge >= 0.3 is 29.8 Å². The summed E-state index contributed by atoms with van der Waals surface area (Å²) < 4.78 is 51.0. The molecule has 6 atom stereocenters. The molecule has 1 aliphatic heterocycles. The zero-order valence-corrected chi connectivity index (χ0v) is 33.1. The maximum Gasteiger partial charge on any atom is 0.379 e. The van der Waals surface area contributed by atoms with E-state index < -0.39 is 83.7 Å². The van der Waals surface area contributed by atoms with E-state index in [1.165, 1.54) is 46.4 Å². The molecule has 0 spiro atoms. The number of hydrogen-bond donors (Lipinski definition) is 0. The summed E-state index contributed by atoms with van der Waals surface area (Å²) >= 11 is 0.906. The van der Waals surface area contributed by atoms with Crippen LogP contribution in [0.15, 0.2) is 12.3 Å². The number of carbonyl (C=O) groups is 7. The molecule has 1 aromatic heterocycles. The molecule has 0 radical (unpaired) electrons. The molecule has 1 aromatic rings. The first-order chi connectivity index (χ1) is 25.1. The number of allylic oxidation sites excluding steroid dienone is 1. The highest BCUT2D eigenvalue weighted by molar-refractivity contribution is 6.99. The van der Waals surface area contributed by atoms with Gasteiger partial charge in [0.05, 0.1) is 37.2 Å². The molecule has 0 saturated carbocycles. The van der Waals surface area contributed by atoms with Gasteiger partial charge in [0.25, 0.3) is 17.6 Å². The minimum atomic E-state index is -1.57. The zero-order valence-electron chi connectivity index (χ0n) is 32.2. The Morgan fingerprint density at radius 1 is 0.778 bits per heavy atom. The second-order valence-electron chi connectivity index (χ2n) is 13.3. The molecule has 20 heteroatoms. The summed E-state index contributed by atoms with van der Waals surface area (Å²) in [5, 5.41) is 0. The lowest BCUT2D eigenvalue weighted by Crippen LogP contribution is -2.54. The molecule has 1 aliphatic rings. The molecule has 0 N–H and O–H groups in total. The first-order valence-corrected chi connectivity index (χ1v) is 17.8. The molecule has 1 saturated heterocycles. The number of ketones is 1. The molecule has 1 fully saturated rings. The minimum Gasteiger partial charge on any atom is -0.488 e. The summed E-state index contributed by atoms with van der Waals surface area (Å²) in [6.07, 6.45) is -8.20. The van der Waals surface area contributed by atoms with Crippen LogP contribution in [0.3, 0.4) is 0 Å². The molecule has 2 rings (SSSR count). The second-order valence-corrected chi connectivity index (χ2v) is 13.8. The third-order valence-electron chi connectivity index (χ3n) is 7.41. The lowest BCUT2D eigenvalue weighted by molar-refractivity contribution is -0.181. The predicted octanol–water partition coefficient (Wildman–Crippen LogP) is 1.55. The van der Waals surface area contributed by atoms with Gasteiger partial charge in [0, 0.05) is 25.6 Å². The Morgan fingerprint density at radius 3 is 1.87 bits per heavy atom. The maximum absolute atomic E-state index is 13.9. The van der Waals surface area contributed by atoms with Crippen molar-refractivity contribution in [2.45, 2.75) is 111 Å². The van der Waals surface area contributed by atoms with E-state index in [0.29, 0.717) is 32.1 Å². The number of aromatic nitrogens is 2. The number of anilines is 1. The highest BCUT2D eigenvalue weighted by atomic mass is 32.1. The molecule has 5 unspecified atom stereocenters. The molecule has 54 heavy (non-hydrogen) atoms. The largest absolute Gasteiger partial charge is 0.488 e. The number of carbonyl (C=O) groups excluding carboxylic acids is 7. The number of rotatable bonds is 19. The third kappa shape index (κ3) is 14.2. The highest BCUT2D eigenvalue weighted by Crippen LogP contribution is 2.27. The summed E-state index contributed by atoms with van der Waals surface area (Å²) in [4.78, 5) is 91.4. The third-order valence-corrected chi connectivity index (χ3v) is 7.91. The molecule has 2 heterocycles. The summed E-state index contributed by atoms with van der Waals surface area (Å²) in [6.45, 7) is 18.8. The molecule has 0 bridgehead atoms. The summed E-state index contributed by atoms with van der Waals surface area (Å²) in [7, 11) is 0. The Hall–Kier alpha value is -4.85. The van der Waals surface area contributed by atoms with E-state index in [1.807, 2.05) is 4.90 Å². The predicted molar refractivity (Wildman–Crippen MR) is 188 cm³/mol. The van der Waals surface area contributed by atoms with Gasteiger partial charge in [0.1, 0.15) is 6.61 Å². The summed E-state index contributed by atoms with van der Waals surface area (Å²) in [5.41, 5.74) is -0.967. The van der Waals surface area contributed by atoms with Gasteiger partial charge in [-0.3, -0.25) is 14.4 Å². The van der Waals surface area contributed by atoms with Crippen molar-refractivity contribution in [2.75, 3.05) is 44.4 Å². The van der Waals surface area contributed by atoms with Crippen molar-refractivity contribution in [1.29, 1.82) is 0 Å². The number of morpholine rings is 1. The summed E-state index contributed by atoms with van der Waals surface area (Å²) in [5.74, 6) is -6.18. The van der Waals surface area contributed by atoms with Gasteiger partial charge in [-0.1, -0.05) is 6.58 Å². The van der Waals surface area contributed by atoms with E-state index in [2.05, 4.69) is 15.3 Å². The van der Waals surface area contributed by atoms with E-state index in [1.54, 1.807) is 20.8 Å².